The molecule has 4 atom stereocenters. The maximum atomic E-state index is 10.7. The third-order valence-corrected chi connectivity index (χ3v) is 9.85. The fraction of sp³-hybridized carbons (Fsp3) is 0.400. The lowest BCUT2D eigenvalue weighted by Gasteiger charge is -2.37. The van der Waals surface area contributed by atoms with E-state index in [4.69, 9.17) is 37.4 Å². The lowest BCUT2D eigenvalue weighted by atomic mass is 10.1. The van der Waals surface area contributed by atoms with Crippen LogP contribution in [0.25, 0.3) is 0 Å². The molecule has 2 saturated heterocycles. The first-order valence-electron chi connectivity index (χ1n) is 16.5. The van der Waals surface area contributed by atoms with Crippen LogP contribution in [0.2, 0.25) is 10.0 Å². The monoisotopic (exact) mass is 706 g/mol. The van der Waals surface area contributed by atoms with Crippen molar-refractivity contribution in [2.45, 2.75) is 51.1 Å². The summed E-state index contributed by atoms with van der Waals surface area (Å²) >= 11 is 12.7. The summed E-state index contributed by atoms with van der Waals surface area (Å²) in [6.07, 6.45) is 4.57. The summed E-state index contributed by atoms with van der Waals surface area (Å²) in [6.45, 7) is 8.66. The molecule has 0 amide bonds. The van der Waals surface area contributed by atoms with E-state index in [2.05, 4.69) is 63.1 Å². The molecular formula is C35H40Cl2N8O4. The van der Waals surface area contributed by atoms with Crippen molar-refractivity contribution in [1.82, 2.24) is 19.8 Å². The molecule has 2 fully saturated rings. The average Bonchev–Trinajstić information content (AvgIpc) is 3.88. The van der Waals surface area contributed by atoms with Crippen LogP contribution in [0.5, 0.6) is 5.75 Å². The number of hydrazone groups is 1. The van der Waals surface area contributed by atoms with Gasteiger partial charge in [0.05, 0.1) is 11.6 Å². The van der Waals surface area contributed by atoms with Gasteiger partial charge in [-0.15, -0.1) is 0 Å². The van der Waals surface area contributed by atoms with Crippen molar-refractivity contribution in [2.75, 3.05) is 54.1 Å². The van der Waals surface area contributed by atoms with Gasteiger partial charge in [0, 0.05) is 59.9 Å². The number of ether oxygens (including phenoxy) is 3. The summed E-state index contributed by atoms with van der Waals surface area (Å²) < 4.78 is 20.5. The predicted molar refractivity (Wildman–Crippen MR) is 190 cm³/mol. The van der Waals surface area contributed by atoms with E-state index in [1.54, 1.807) is 39.4 Å². The summed E-state index contributed by atoms with van der Waals surface area (Å²) in [5.74, 6) is -0.401. The highest BCUT2D eigenvalue weighted by molar-refractivity contribution is 6.35. The van der Waals surface area contributed by atoms with Crippen LogP contribution >= 0.6 is 23.2 Å². The smallest absolute Gasteiger partial charge is 0.228 e. The van der Waals surface area contributed by atoms with Crippen molar-refractivity contribution in [3.8, 4) is 5.75 Å². The highest BCUT2D eigenvalue weighted by Gasteiger charge is 2.45. The number of anilines is 3. The van der Waals surface area contributed by atoms with Gasteiger partial charge in [0.15, 0.2) is 0 Å². The molecule has 0 bridgehead atoms. The first-order valence-corrected chi connectivity index (χ1v) is 17.3. The Bertz CT molecular complexity index is 1720. The molecule has 49 heavy (non-hydrogen) atoms. The fourth-order valence-corrected chi connectivity index (χ4v) is 6.93. The molecule has 3 aromatic carbocycles. The molecule has 0 unspecified atom stereocenters. The first kappa shape index (κ1) is 33.4. The highest BCUT2D eigenvalue weighted by Crippen LogP contribution is 2.40. The van der Waals surface area contributed by atoms with E-state index in [-0.39, 0.29) is 18.7 Å². The maximum Gasteiger partial charge on any atom is 0.228 e. The van der Waals surface area contributed by atoms with E-state index in [9.17, 15) is 5.11 Å². The number of benzene rings is 3. The number of aromatic nitrogens is 3. The van der Waals surface area contributed by atoms with E-state index in [1.165, 1.54) is 12.0 Å². The first-order chi connectivity index (χ1) is 23.8. The van der Waals surface area contributed by atoms with E-state index in [0.717, 1.165) is 49.7 Å². The number of rotatable bonds is 11. The Morgan fingerprint density at radius 1 is 0.959 bits per heavy atom. The summed E-state index contributed by atoms with van der Waals surface area (Å²) in [5, 5.41) is 22.1. The molecule has 3 aliphatic rings. The van der Waals surface area contributed by atoms with Crippen molar-refractivity contribution in [3.05, 3.63) is 95.0 Å². The van der Waals surface area contributed by atoms with Crippen molar-refractivity contribution < 1.29 is 19.3 Å². The molecule has 14 heteroatoms. The van der Waals surface area contributed by atoms with Crippen molar-refractivity contribution >= 4 is 46.6 Å². The second-order valence-corrected chi connectivity index (χ2v) is 13.3. The Labute approximate surface area is 296 Å². The van der Waals surface area contributed by atoms with Crippen LogP contribution < -0.4 is 19.4 Å². The number of hydrogen-bond acceptors (Lipinski definition) is 11. The van der Waals surface area contributed by atoms with Crippen LogP contribution in [0.15, 0.2) is 84.5 Å². The summed E-state index contributed by atoms with van der Waals surface area (Å²) in [5.41, 5.74) is 3.90. The molecule has 3 aliphatic heterocycles. The number of aliphatic hydroxyl groups excluding tert-OH is 1. The number of aliphatic hydroxyl groups is 1. The van der Waals surface area contributed by atoms with Gasteiger partial charge in [-0.3, -0.25) is 4.90 Å². The van der Waals surface area contributed by atoms with Gasteiger partial charge in [0.1, 0.15) is 44.0 Å². The molecule has 12 nitrogen and oxygen atoms in total. The Morgan fingerprint density at radius 2 is 1.63 bits per heavy atom. The largest absolute Gasteiger partial charge is 0.491 e. The summed E-state index contributed by atoms with van der Waals surface area (Å²) in [4.78, 5) is 10.6. The lowest BCUT2D eigenvalue weighted by molar-refractivity contribution is -0.190. The molecule has 258 valence electrons. The SMILES string of the molecule is CC[C@H](C)N1N=CN(c2ccc(N3CCN(c4ccc(OC[C@@H]5CO[C@@](Cn6cncn6)(c6ccc(Cl)cc6Cl)O5)cc4)CC3)cc2)[C@@H]1O. The van der Waals surface area contributed by atoms with Gasteiger partial charge in [-0.05, 0) is 74.0 Å². The molecule has 4 aromatic rings. The Kier molecular flexibility index (Phi) is 9.84. The second-order valence-electron chi connectivity index (χ2n) is 12.4. The number of halogens is 2. The molecule has 7 rings (SSSR count). The molecular weight excluding hydrogens is 667 g/mol. The van der Waals surface area contributed by atoms with Crippen LogP contribution in [0.1, 0.15) is 25.8 Å². The molecule has 0 radical (unpaired) electrons. The number of nitrogens with zero attached hydrogens (tertiary/aromatic N) is 8. The molecule has 1 N–H and O–H groups in total. The van der Waals surface area contributed by atoms with Crippen molar-refractivity contribution in [2.24, 2.45) is 5.10 Å². The van der Waals surface area contributed by atoms with E-state index in [1.807, 2.05) is 30.3 Å². The zero-order valence-electron chi connectivity index (χ0n) is 27.5. The highest BCUT2D eigenvalue weighted by atomic mass is 35.5. The minimum absolute atomic E-state index is 0.164. The van der Waals surface area contributed by atoms with Gasteiger partial charge >= 0.3 is 0 Å². The summed E-state index contributed by atoms with van der Waals surface area (Å²) in [6, 6.07) is 21.9. The number of hydrogen-bond donors (Lipinski definition) is 1. The zero-order chi connectivity index (χ0) is 34.0. The van der Waals surface area contributed by atoms with Gasteiger partial charge < -0.3 is 29.1 Å². The standard InChI is InChI=1S/C35H40Cl2N8O4/c1-3-25(2)45-34(46)44(24-40-45)29-7-5-27(6-8-29)41-14-16-42(17-15-41)28-9-11-30(12-10-28)47-19-31-20-48-35(49-31,21-43-23-38-22-39-43)32-13-4-26(36)18-33(32)37/h4-13,18,22-25,31,34,46H,3,14-17,19-21H2,1-2H3/t25-,31+,34-,35+/m0/s1. The quantitative estimate of drug-likeness (QED) is 0.218. The van der Waals surface area contributed by atoms with Gasteiger partial charge in [-0.2, -0.15) is 10.2 Å². The normalized spacial score (nSPS) is 23.0. The van der Waals surface area contributed by atoms with Crippen LogP contribution in [0, 0.1) is 0 Å². The average molecular weight is 708 g/mol. The van der Waals surface area contributed by atoms with Crippen molar-refractivity contribution in [1.29, 1.82) is 0 Å². The minimum Gasteiger partial charge on any atom is -0.491 e. The lowest BCUT2D eigenvalue weighted by Crippen LogP contribution is -2.46. The fourth-order valence-electron chi connectivity index (χ4n) is 6.37. The topological polar surface area (TPSA) is 104 Å². The van der Waals surface area contributed by atoms with Crippen LogP contribution in [0.3, 0.4) is 0 Å². The third kappa shape index (κ3) is 7.15. The van der Waals surface area contributed by atoms with Gasteiger partial charge in [0.2, 0.25) is 12.1 Å². The molecule has 4 heterocycles. The zero-order valence-corrected chi connectivity index (χ0v) is 29.0. The Balaban J connectivity index is 0.910. The van der Waals surface area contributed by atoms with Gasteiger partial charge in [-0.25, -0.2) is 14.7 Å². The van der Waals surface area contributed by atoms with Crippen LogP contribution in [0.4, 0.5) is 17.1 Å². The van der Waals surface area contributed by atoms with Crippen LogP contribution in [-0.2, 0) is 21.8 Å². The third-order valence-electron chi connectivity index (χ3n) is 9.31. The van der Waals surface area contributed by atoms with Crippen LogP contribution in [-0.4, -0.2) is 89.1 Å². The summed E-state index contributed by atoms with van der Waals surface area (Å²) in [7, 11) is 0. The second kappa shape index (κ2) is 14.4. The van der Waals surface area contributed by atoms with Gasteiger partial charge in [0.25, 0.3) is 0 Å². The number of piperazine rings is 1. The Hall–Kier alpha value is -4.07. The molecule has 0 saturated carbocycles. The molecule has 0 spiro atoms. The van der Waals surface area contributed by atoms with Gasteiger partial charge in [-0.1, -0.05) is 36.2 Å². The molecule has 1 aromatic heterocycles. The van der Waals surface area contributed by atoms with E-state index in [0.29, 0.717) is 28.8 Å². The molecule has 0 aliphatic carbocycles. The van der Waals surface area contributed by atoms with Crippen molar-refractivity contribution in [3.63, 3.8) is 0 Å². The Morgan fingerprint density at radius 3 is 2.27 bits per heavy atom. The van der Waals surface area contributed by atoms with E-state index >= 15 is 0 Å². The maximum absolute atomic E-state index is 10.7. The minimum atomic E-state index is -1.16. The van der Waals surface area contributed by atoms with E-state index < -0.39 is 12.1 Å². The predicted octanol–water partition coefficient (Wildman–Crippen LogP) is 5.40.